The molecular weight excluding hydrogens is 450 g/mol. The smallest absolute Gasteiger partial charge is 0.238 e. The predicted molar refractivity (Wildman–Crippen MR) is 137 cm³/mol. The molecule has 178 valence electrons. The average molecular weight is 476 g/mol. The molecule has 2 aliphatic heterocycles. The molecule has 4 aliphatic rings. The number of fused-ring (bicyclic) bond motifs is 6. The Balaban J connectivity index is 1.34. The fraction of sp³-hybridized carbons (Fsp3) is 0.226. The van der Waals surface area contributed by atoms with Crippen LogP contribution in [0.1, 0.15) is 22.3 Å². The van der Waals surface area contributed by atoms with Crippen LogP contribution in [0, 0.1) is 37.5 Å². The number of carbonyl (C=O) groups excluding carboxylic acids is 2. The van der Waals surface area contributed by atoms with Crippen molar-refractivity contribution in [2.24, 2.45) is 23.7 Å². The van der Waals surface area contributed by atoms with Crippen LogP contribution in [-0.4, -0.2) is 18.6 Å². The maximum atomic E-state index is 13.8. The van der Waals surface area contributed by atoms with E-state index in [-0.39, 0.29) is 42.3 Å². The summed E-state index contributed by atoms with van der Waals surface area (Å²) in [6, 6.07) is 22.3. The first-order valence-corrected chi connectivity index (χ1v) is 12.4. The van der Waals surface area contributed by atoms with Crippen LogP contribution in [0.4, 0.5) is 5.69 Å². The van der Waals surface area contributed by atoms with Crippen LogP contribution in [0.5, 0.6) is 11.5 Å². The number of rotatable bonds is 3. The Kier molecular flexibility index (Phi) is 4.53. The molecule has 7 rings (SSSR count). The minimum Gasteiger partial charge on any atom is -0.454 e. The summed E-state index contributed by atoms with van der Waals surface area (Å²) in [6.07, 6.45) is 4.27. The quantitative estimate of drug-likeness (QED) is 0.373. The highest BCUT2D eigenvalue weighted by Crippen LogP contribution is 2.59. The van der Waals surface area contributed by atoms with Crippen molar-refractivity contribution in [3.05, 3.63) is 107 Å². The average Bonchev–Trinajstić information content (AvgIpc) is 3.64. The second-order valence-electron chi connectivity index (χ2n) is 10.1. The fourth-order valence-electron chi connectivity index (χ4n) is 6.32. The molecule has 1 saturated heterocycles. The highest BCUT2D eigenvalue weighted by molar-refractivity contribution is 6.23. The molecule has 36 heavy (non-hydrogen) atoms. The van der Waals surface area contributed by atoms with Crippen molar-refractivity contribution in [1.82, 2.24) is 0 Å². The first-order valence-electron chi connectivity index (χ1n) is 12.4. The maximum absolute atomic E-state index is 13.8. The van der Waals surface area contributed by atoms with Crippen molar-refractivity contribution >= 4 is 23.1 Å². The fourth-order valence-corrected chi connectivity index (χ4v) is 6.32. The van der Waals surface area contributed by atoms with Gasteiger partial charge in [0.25, 0.3) is 0 Å². The van der Waals surface area contributed by atoms with Gasteiger partial charge in [0.1, 0.15) is 0 Å². The summed E-state index contributed by atoms with van der Waals surface area (Å²) in [4.78, 5) is 28.9. The zero-order valence-corrected chi connectivity index (χ0v) is 20.1. The van der Waals surface area contributed by atoms with Crippen molar-refractivity contribution in [2.45, 2.75) is 13.8 Å². The number of imide groups is 1. The van der Waals surface area contributed by atoms with Gasteiger partial charge in [-0.2, -0.15) is 0 Å². The molecule has 0 aromatic heterocycles. The summed E-state index contributed by atoms with van der Waals surface area (Å²) >= 11 is 0. The molecule has 0 N–H and O–H groups in total. The molecule has 4 atom stereocenters. The van der Waals surface area contributed by atoms with E-state index in [0.717, 1.165) is 16.7 Å². The SMILES string of the molecule is Cc1ccc(C(=C2C3C=CC2C2C(=O)N(c4ccc5c(c4)OCO5)C(=O)C32)c2ccc(C)cc2)cc1. The van der Waals surface area contributed by atoms with Crippen LogP contribution in [0.25, 0.3) is 5.57 Å². The molecule has 3 aromatic rings. The molecule has 2 heterocycles. The van der Waals surface area contributed by atoms with Gasteiger partial charge >= 0.3 is 0 Å². The van der Waals surface area contributed by atoms with E-state index in [9.17, 15) is 9.59 Å². The van der Waals surface area contributed by atoms with Gasteiger partial charge < -0.3 is 9.47 Å². The normalized spacial score (nSPS) is 25.2. The van der Waals surface area contributed by atoms with E-state index in [2.05, 4.69) is 74.5 Å². The Morgan fingerprint density at radius 2 is 1.25 bits per heavy atom. The lowest BCUT2D eigenvalue weighted by atomic mass is 9.85. The lowest BCUT2D eigenvalue weighted by Gasteiger charge is -2.22. The van der Waals surface area contributed by atoms with Crippen molar-refractivity contribution in [1.29, 1.82) is 0 Å². The van der Waals surface area contributed by atoms with Crippen LogP contribution in [0.3, 0.4) is 0 Å². The lowest BCUT2D eigenvalue weighted by molar-refractivity contribution is -0.122. The minimum absolute atomic E-state index is 0.104. The topological polar surface area (TPSA) is 55.8 Å². The van der Waals surface area contributed by atoms with E-state index in [4.69, 9.17) is 9.47 Å². The zero-order valence-electron chi connectivity index (χ0n) is 20.1. The van der Waals surface area contributed by atoms with Crippen molar-refractivity contribution in [3.63, 3.8) is 0 Å². The number of carbonyl (C=O) groups is 2. The van der Waals surface area contributed by atoms with Gasteiger partial charge in [-0.05, 0) is 48.3 Å². The predicted octanol–water partition coefficient (Wildman–Crippen LogP) is 5.46. The second-order valence-corrected chi connectivity index (χ2v) is 10.1. The third-order valence-electron chi connectivity index (χ3n) is 8.00. The molecular formula is C31H25NO4. The van der Waals surface area contributed by atoms with E-state index in [0.29, 0.717) is 17.2 Å². The Morgan fingerprint density at radius 1 is 0.722 bits per heavy atom. The molecule has 0 spiro atoms. The second kappa shape index (κ2) is 7.69. The maximum Gasteiger partial charge on any atom is 0.238 e. The molecule has 0 radical (unpaired) electrons. The van der Waals surface area contributed by atoms with Crippen LogP contribution in [0.2, 0.25) is 0 Å². The molecule has 5 heteroatoms. The van der Waals surface area contributed by atoms with Crippen LogP contribution < -0.4 is 14.4 Å². The summed E-state index contributed by atoms with van der Waals surface area (Å²) in [5.74, 6) is -0.0618. The van der Waals surface area contributed by atoms with Gasteiger partial charge in [-0.1, -0.05) is 71.8 Å². The number of amides is 2. The Bertz CT molecular complexity index is 1400. The molecule has 5 nitrogen and oxygen atoms in total. The van der Waals surface area contributed by atoms with Crippen molar-refractivity contribution in [2.75, 3.05) is 11.7 Å². The van der Waals surface area contributed by atoms with Crippen LogP contribution in [0.15, 0.2) is 84.5 Å². The van der Waals surface area contributed by atoms with E-state index in [1.54, 1.807) is 18.2 Å². The number of hydrogen-bond acceptors (Lipinski definition) is 4. The summed E-state index contributed by atoms with van der Waals surface area (Å²) < 4.78 is 10.9. The van der Waals surface area contributed by atoms with E-state index < -0.39 is 0 Å². The number of hydrogen-bond donors (Lipinski definition) is 0. The highest BCUT2D eigenvalue weighted by atomic mass is 16.7. The van der Waals surface area contributed by atoms with E-state index >= 15 is 0 Å². The van der Waals surface area contributed by atoms with Gasteiger partial charge in [-0.25, -0.2) is 4.90 Å². The Morgan fingerprint density at radius 3 is 1.81 bits per heavy atom. The van der Waals surface area contributed by atoms with Gasteiger partial charge in [-0.3, -0.25) is 9.59 Å². The standard InChI is InChI=1S/C31H25NO4/c1-17-3-7-19(8-4-17)26(20-9-5-18(2)6-10-20)27-22-12-13-23(27)29-28(22)30(33)32(31(29)34)21-11-14-24-25(15-21)36-16-35-24/h3-15,22-23,28-29H,16H2,1-2H3. The number of anilines is 1. The molecule has 2 fully saturated rings. The minimum atomic E-state index is -0.390. The number of nitrogens with zero attached hydrogens (tertiary/aromatic N) is 1. The first-order chi connectivity index (χ1) is 17.5. The summed E-state index contributed by atoms with van der Waals surface area (Å²) in [5, 5.41) is 0. The van der Waals surface area contributed by atoms with Gasteiger partial charge in [-0.15, -0.1) is 0 Å². The molecule has 4 unspecified atom stereocenters. The molecule has 2 amide bonds. The van der Waals surface area contributed by atoms with Gasteiger partial charge in [0, 0.05) is 17.9 Å². The Labute approximate surface area is 209 Å². The van der Waals surface area contributed by atoms with Gasteiger partial charge in [0.05, 0.1) is 17.5 Å². The summed E-state index contributed by atoms with van der Waals surface area (Å²) in [7, 11) is 0. The number of aryl methyl sites for hydroxylation is 2. The van der Waals surface area contributed by atoms with E-state index in [1.165, 1.54) is 21.6 Å². The third kappa shape index (κ3) is 2.95. The lowest BCUT2D eigenvalue weighted by Crippen LogP contribution is -2.33. The molecule has 1 saturated carbocycles. The number of ether oxygens (including phenoxy) is 2. The van der Waals surface area contributed by atoms with Crippen LogP contribution >= 0.6 is 0 Å². The summed E-state index contributed by atoms with van der Waals surface area (Å²) in [5.41, 5.74) is 7.49. The molecule has 3 aromatic carbocycles. The highest BCUT2D eigenvalue weighted by Gasteiger charge is 2.62. The Hall–Kier alpha value is -4.12. The van der Waals surface area contributed by atoms with E-state index in [1.807, 2.05) is 0 Å². The third-order valence-corrected chi connectivity index (χ3v) is 8.00. The van der Waals surface area contributed by atoms with Gasteiger partial charge in [0.2, 0.25) is 18.6 Å². The number of allylic oxidation sites excluding steroid dienone is 3. The largest absolute Gasteiger partial charge is 0.454 e. The molecule has 2 bridgehead atoms. The van der Waals surface area contributed by atoms with Gasteiger partial charge in [0.15, 0.2) is 11.5 Å². The van der Waals surface area contributed by atoms with Crippen molar-refractivity contribution in [3.8, 4) is 11.5 Å². The summed E-state index contributed by atoms with van der Waals surface area (Å²) in [6.45, 7) is 4.31. The first kappa shape index (κ1) is 21.2. The monoisotopic (exact) mass is 475 g/mol. The molecule has 2 aliphatic carbocycles. The zero-order chi connectivity index (χ0) is 24.6. The van der Waals surface area contributed by atoms with Crippen LogP contribution in [-0.2, 0) is 9.59 Å². The number of benzene rings is 3. The van der Waals surface area contributed by atoms with Crippen molar-refractivity contribution < 1.29 is 19.1 Å².